The van der Waals surface area contributed by atoms with E-state index in [2.05, 4.69) is 45.2 Å². The second-order valence-corrected chi connectivity index (χ2v) is 4.01. The molecule has 0 heterocycles. The molecule has 0 radical (unpaired) electrons. The van der Waals surface area contributed by atoms with Crippen LogP contribution >= 0.6 is 45.2 Å². The molecule has 8 heavy (non-hydrogen) atoms. The van der Waals surface area contributed by atoms with Gasteiger partial charge in [-0.2, -0.15) is 0 Å². The van der Waals surface area contributed by atoms with Gasteiger partial charge in [0.05, 0.1) is 6.26 Å². The van der Waals surface area contributed by atoms with E-state index in [0.29, 0.717) is 3.92 Å². The molecule has 0 saturated carbocycles. The summed E-state index contributed by atoms with van der Waals surface area (Å²) < 4.78 is 1.64. The summed E-state index contributed by atoms with van der Waals surface area (Å²) in [5, 5.41) is 8.28. The minimum Gasteiger partial charge on any atom is -0.516 e. The molecule has 0 rings (SSSR count). The summed E-state index contributed by atoms with van der Waals surface area (Å²) in [5.74, 6) is 0. The molecule has 1 nitrogen and oxygen atoms in total. The summed E-state index contributed by atoms with van der Waals surface area (Å²) >= 11 is 4.61. The van der Waals surface area contributed by atoms with Crippen molar-refractivity contribution in [2.24, 2.45) is 0 Å². The van der Waals surface area contributed by atoms with Gasteiger partial charge in [0.2, 0.25) is 0 Å². The van der Waals surface area contributed by atoms with Crippen molar-refractivity contribution in [2.45, 2.75) is 10.3 Å². The van der Waals surface area contributed by atoms with Gasteiger partial charge in [0.25, 0.3) is 0 Å². The summed E-state index contributed by atoms with van der Waals surface area (Å²) in [7, 11) is 0. The summed E-state index contributed by atoms with van der Waals surface area (Å²) in [5.41, 5.74) is 0. The summed E-state index contributed by atoms with van der Waals surface area (Å²) in [6, 6.07) is 0. The van der Waals surface area contributed by atoms with Crippen molar-refractivity contribution in [2.75, 3.05) is 4.43 Å². The smallest absolute Gasteiger partial charge is 0.0762 e. The lowest BCUT2D eigenvalue weighted by Gasteiger charge is -1.96. The fourth-order valence-corrected chi connectivity index (χ4v) is 2.65. The van der Waals surface area contributed by atoms with Crippen molar-refractivity contribution in [1.82, 2.24) is 0 Å². The van der Waals surface area contributed by atoms with Gasteiger partial charge in [-0.15, -0.1) is 0 Å². The molecule has 1 atom stereocenters. The number of allylic oxidation sites excluding steroid dienone is 1. The zero-order valence-corrected chi connectivity index (χ0v) is 8.66. The van der Waals surface area contributed by atoms with Crippen LogP contribution in [-0.2, 0) is 0 Å². The van der Waals surface area contributed by atoms with Gasteiger partial charge in [-0.05, 0) is 12.5 Å². The first-order valence-corrected chi connectivity index (χ1v) is 5.09. The minimum atomic E-state index is 0.495. The highest BCUT2D eigenvalue weighted by Gasteiger charge is 1.94. The second-order valence-electron chi connectivity index (χ2n) is 1.34. The topological polar surface area (TPSA) is 20.2 Å². The molecule has 48 valence electrons. The molecule has 0 aliphatic rings. The van der Waals surface area contributed by atoms with Gasteiger partial charge in [0, 0.05) is 8.35 Å². The number of halogens is 2. The number of rotatable bonds is 3. The van der Waals surface area contributed by atoms with Crippen LogP contribution in [0.4, 0.5) is 0 Å². The number of hydrogen-bond acceptors (Lipinski definition) is 1. The van der Waals surface area contributed by atoms with E-state index in [4.69, 9.17) is 5.11 Å². The molecule has 0 aromatic rings. The predicted molar refractivity (Wildman–Crippen MR) is 53.1 cm³/mol. The van der Waals surface area contributed by atoms with E-state index < -0.39 is 0 Å². The van der Waals surface area contributed by atoms with E-state index in [1.54, 1.807) is 6.08 Å². The van der Waals surface area contributed by atoms with Crippen molar-refractivity contribution in [3.05, 3.63) is 12.3 Å². The quantitative estimate of drug-likeness (QED) is 0.477. The molecule has 3 heteroatoms. The Balaban J connectivity index is 3.17. The third kappa shape index (κ3) is 5.14. The molecule has 0 aliphatic carbocycles. The van der Waals surface area contributed by atoms with Crippen molar-refractivity contribution in [3.8, 4) is 0 Å². The molecule has 0 bridgehead atoms. The molecule has 0 spiro atoms. The SMILES string of the molecule is OC=CC(I)CCI. The van der Waals surface area contributed by atoms with Crippen LogP contribution in [0.15, 0.2) is 12.3 Å². The van der Waals surface area contributed by atoms with Crippen molar-refractivity contribution in [3.63, 3.8) is 0 Å². The number of alkyl halides is 2. The summed E-state index contributed by atoms with van der Waals surface area (Å²) in [4.78, 5) is 0. The van der Waals surface area contributed by atoms with Crippen molar-refractivity contribution in [1.29, 1.82) is 0 Å². The van der Waals surface area contributed by atoms with E-state index in [1.807, 2.05) is 0 Å². The van der Waals surface area contributed by atoms with Crippen LogP contribution in [0.1, 0.15) is 6.42 Å². The summed E-state index contributed by atoms with van der Waals surface area (Å²) in [6.07, 6.45) is 4.04. The van der Waals surface area contributed by atoms with Crippen LogP contribution in [0.5, 0.6) is 0 Å². The molecule has 0 aromatic heterocycles. The third-order valence-electron chi connectivity index (χ3n) is 0.680. The van der Waals surface area contributed by atoms with Gasteiger partial charge >= 0.3 is 0 Å². The van der Waals surface area contributed by atoms with Crippen molar-refractivity contribution < 1.29 is 5.11 Å². The fourth-order valence-electron chi connectivity index (χ4n) is 0.294. The van der Waals surface area contributed by atoms with Gasteiger partial charge in [-0.1, -0.05) is 45.2 Å². The van der Waals surface area contributed by atoms with E-state index >= 15 is 0 Å². The molecule has 0 aromatic carbocycles. The largest absolute Gasteiger partial charge is 0.516 e. The first-order chi connectivity index (χ1) is 3.81. The van der Waals surface area contributed by atoms with Gasteiger partial charge in [0.1, 0.15) is 0 Å². The second kappa shape index (κ2) is 6.12. The maximum Gasteiger partial charge on any atom is 0.0762 e. The lowest BCUT2D eigenvalue weighted by Crippen LogP contribution is -1.91. The zero-order valence-electron chi connectivity index (χ0n) is 4.35. The Morgan fingerprint density at radius 3 is 2.62 bits per heavy atom. The van der Waals surface area contributed by atoms with Crippen LogP contribution in [0, 0.1) is 0 Å². The number of aliphatic hydroxyl groups is 1. The average Bonchev–Trinajstić information content (AvgIpc) is 1.68. The highest BCUT2D eigenvalue weighted by Crippen LogP contribution is 2.08. The maximum atomic E-state index is 8.28. The minimum absolute atomic E-state index is 0.495. The van der Waals surface area contributed by atoms with Crippen molar-refractivity contribution >= 4 is 45.2 Å². The molecule has 1 unspecified atom stereocenters. The lowest BCUT2D eigenvalue weighted by atomic mass is 10.3. The van der Waals surface area contributed by atoms with Gasteiger partial charge in [-0.25, -0.2) is 0 Å². The van der Waals surface area contributed by atoms with E-state index in [1.165, 1.54) is 0 Å². The third-order valence-corrected chi connectivity index (χ3v) is 2.34. The normalized spacial score (nSPS) is 14.8. The molecule has 1 N–H and O–H groups in total. The van der Waals surface area contributed by atoms with Crippen LogP contribution in [0.25, 0.3) is 0 Å². The molecule has 0 fully saturated rings. The van der Waals surface area contributed by atoms with Gasteiger partial charge < -0.3 is 5.11 Å². The Labute approximate surface area is 76.8 Å². The Morgan fingerprint density at radius 2 is 2.25 bits per heavy atom. The highest BCUT2D eigenvalue weighted by molar-refractivity contribution is 14.1. The van der Waals surface area contributed by atoms with Crippen LogP contribution in [0.3, 0.4) is 0 Å². The Morgan fingerprint density at radius 1 is 1.62 bits per heavy atom. The van der Waals surface area contributed by atoms with Gasteiger partial charge in [-0.3, -0.25) is 0 Å². The maximum absolute atomic E-state index is 8.28. The van der Waals surface area contributed by atoms with Crippen LogP contribution < -0.4 is 0 Å². The monoisotopic (exact) mass is 338 g/mol. The van der Waals surface area contributed by atoms with E-state index in [0.717, 1.165) is 17.1 Å². The molecule has 0 amide bonds. The van der Waals surface area contributed by atoms with Crippen LogP contribution in [-0.4, -0.2) is 13.5 Å². The first kappa shape index (κ1) is 9.00. The van der Waals surface area contributed by atoms with E-state index in [9.17, 15) is 0 Å². The number of hydrogen-bond donors (Lipinski definition) is 1. The summed E-state index contributed by atoms with van der Waals surface area (Å²) in [6.45, 7) is 0. The average molecular weight is 338 g/mol. The first-order valence-electron chi connectivity index (χ1n) is 2.32. The molecular weight excluding hydrogens is 330 g/mol. The van der Waals surface area contributed by atoms with Crippen LogP contribution in [0.2, 0.25) is 0 Å². The predicted octanol–water partition coefficient (Wildman–Crippen LogP) is 2.69. The molecule has 0 aliphatic heterocycles. The van der Waals surface area contributed by atoms with Gasteiger partial charge in [0.15, 0.2) is 0 Å². The Bertz CT molecular complexity index is 72.8. The molecular formula is C5H8I2O. The zero-order chi connectivity index (χ0) is 6.41. The number of aliphatic hydroxyl groups excluding tert-OH is 1. The Hall–Kier alpha value is 1.00. The highest BCUT2D eigenvalue weighted by atomic mass is 127. The Kier molecular flexibility index (Phi) is 6.89. The molecule has 0 saturated heterocycles. The van der Waals surface area contributed by atoms with E-state index in [-0.39, 0.29) is 0 Å². The standard InChI is InChI=1S/C5H8I2O/c6-3-1-5(7)2-4-8/h2,4-5,8H,1,3H2. The lowest BCUT2D eigenvalue weighted by molar-refractivity contribution is 0.471. The fraction of sp³-hybridized carbons (Fsp3) is 0.600.